The van der Waals surface area contributed by atoms with Crippen molar-refractivity contribution in [2.75, 3.05) is 5.32 Å². The summed E-state index contributed by atoms with van der Waals surface area (Å²) < 4.78 is 1.33. The van der Waals surface area contributed by atoms with Crippen molar-refractivity contribution in [2.45, 2.75) is 6.54 Å². The number of anilines is 1. The van der Waals surface area contributed by atoms with Crippen LogP contribution in [0.5, 0.6) is 0 Å². The number of nitrogens with zero attached hydrogens (tertiary/aromatic N) is 4. The van der Waals surface area contributed by atoms with E-state index in [0.29, 0.717) is 15.7 Å². The van der Waals surface area contributed by atoms with Crippen LogP contribution in [-0.4, -0.2) is 20.7 Å². The molecule has 0 unspecified atom stereocenters. The quantitative estimate of drug-likeness (QED) is 0.940. The summed E-state index contributed by atoms with van der Waals surface area (Å²) in [5.41, 5.74) is 0.408. The fourth-order valence-electron chi connectivity index (χ4n) is 1.39. The molecule has 8 heteroatoms. The summed E-state index contributed by atoms with van der Waals surface area (Å²) in [4.78, 5) is 11.8. The maximum atomic E-state index is 11.8. The number of benzene rings is 1. The largest absolute Gasteiger partial charge is 0.323 e. The van der Waals surface area contributed by atoms with E-state index in [0.717, 1.165) is 0 Å². The summed E-state index contributed by atoms with van der Waals surface area (Å²) in [7, 11) is 0. The molecule has 0 saturated carbocycles. The molecule has 0 atom stereocenters. The number of rotatable bonds is 3. The molecule has 0 fully saturated rings. The highest BCUT2D eigenvalue weighted by atomic mass is 35.5. The van der Waals surface area contributed by atoms with E-state index >= 15 is 0 Å². The molecule has 96 valence electrons. The van der Waals surface area contributed by atoms with Crippen LogP contribution >= 0.6 is 23.2 Å². The monoisotopic (exact) mass is 295 g/mol. The van der Waals surface area contributed by atoms with Gasteiger partial charge in [0.1, 0.15) is 18.9 Å². The molecule has 0 aliphatic carbocycles. The molecule has 0 spiro atoms. The molecule has 2 rings (SSSR count). The van der Waals surface area contributed by atoms with Gasteiger partial charge in [0.2, 0.25) is 11.7 Å². The summed E-state index contributed by atoms with van der Waals surface area (Å²) in [6.07, 6.45) is 1.30. The molecule has 1 N–H and O–H groups in total. The van der Waals surface area contributed by atoms with Crippen LogP contribution in [-0.2, 0) is 11.3 Å². The summed E-state index contributed by atoms with van der Waals surface area (Å²) in [6.45, 7) is -0.0846. The van der Waals surface area contributed by atoms with E-state index in [1.54, 1.807) is 18.2 Å². The molecule has 1 aromatic heterocycles. The molecule has 0 aliphatic rings. The van der Waals surface area contributed by atoms with Crippen molar-refractivity contribution >= 4 is 34.8 Å². The van der Waals surface area contributed by atoms with Crippen molar-refractivity contribution < 1.29 is 4.79 Å². The zero-order chi connectivity index (χ0) is 13.8. The average molecular weight is 296 g/mol. The van der Waals surface area contributed by atoms with Gasteiger partial charge in [-0.15, -0.1) is 10.2 Å². The van der Waals surface area contributed by atoms with Gasteiger partial charge >= 0.3 is 0 Å². The Labute approximate surface area is 118 Å². The molecule has 1 heterocycles. The Balaban J connectivity index is 2.10. The topological polar surface area (TPSA) is 83.6 Å². The number of hydrogen-bond acceptors (Lipinski definition) is 4. The lowest BCUT2D eigenvalue weighted by Gasteiger charge is -2.08. The first-order chi connectivity index (χ1) is 9.10. The summed E-state index contributed by atoms with van der Waals surface area (Å²) >= 11 is 11.7. The van der Waals surface area contributed by atoms with Gasteiger partial charge in [0.25, 0.3) is 0 Å². The van der Waals surface area contributed by atoms with E-state index in [-0.39, 0.29) is 18.3 Å². The number of amides is 1. The van der Waals surface area contributed by atoms with Crippen LogP contribution in [0.15, 0.2) is 24.5 Å². The maximum absolute atomic E-state index is 11.8. The number of halogens is 2. The summed E-state index contributed by atoms with van der Waals surface area (Å²) in [5.74, 6) is -0.298. The van der Waals surface area contributed by atoms with E-state index in [1.165, 1.54) is 10.9 Å². The molecule has 0 aliphatic heterocycles. The van der Waals surface area contributed by atoms with Crippen LogP contribution in [0.25, 0.3) is 0 Å². The Kier molecular flexibility index (Phi) is 4.00. The lowest BCUT2D eigenvalue weighted by Crippen LogP contribution is -2.19. The molecule has 0 saturated heterocycles. The number of aromatic nitrogens is 3. The number of nitrogens with one attached hydrogen (secondary N) is 1. The fraction of sp³-hybridized carbons (Fsp3) is 0.0909. The van der Waals surface area contributed by atoms with Crippen molar-refractivity contribution in [3.8, 4) is 6.07 Å². The predicted molar refractivity (Wildman–Crippen MR) is 69.8 cm³/mol. The zero-order valence-electron chi connectivity index (χ0n) is 9.47. The normalized spacial score (nSPS) is 9.95. The minimum absolute atomic E-state index is 0.0624. The first-order valence-electron chi connectivity index (χ1n) is 5.13. The van der Waals surface area contributed by atoms with Gasteiger partial charge in [0.15, 0.2) is 0 Å². The number of carbonyl (C=O) groups is 1. The van der Waals surface area contributed by atoms with Crippen LogP contribution in [0, 0.1) is 11.3 Å². The highest BCUT2D eigenvalue weighted by molar-refractivity contribution is 6.35. The van der Waals surface area contributed by atoms with Crippen LogP contribution in [0.3, 0.4) is 0 Å². The molecule has 0 bridgehead atoms. The van der Waals surface area contributed by atoms with E-state index in [1.807, 2.05) is 6.07 Å². The smallest absolute Gasteiger partial charge is 0.244 e. The molecule has 1 amide bonds. The second-order valence-electron chi connectivity index (χ2n) is 3.57. The molecular formula is C11H7Cl2N5O. The maximum Gasteiger partial charge on any atom is 0.244 e. The Morgan fingerprint density at radius 1 is 1.47 bits per heavy atom. The van der Waals surface area contributed by atoms with E-state index in [4.69, 9.17) is 28.5 Å². The standard InChI is InChI=1S/C11H7Cl2N5O/c12-7-1-2-8(13)9(3-7)16-11(19)5-18-6-15-17-10(18)4-14/h1-3,6H,5H2,(H,16,19). The SMILES string of the molecule is N#Cc1nncn1CC(=O)Nc1cc(Cl)ccc1Cl. The minimum Gasteiger partial charge on any atom is -0.323 e. The molecule has 0 radical (unpaired) electrons. The zero-order valence-corrected chi connectivity index (χ0v) is 11.0. The van der Waals surface area contributed by atoms with E-state index < -0.39 is 0 Å². The fourth-order valence-corrected chi connectivity index (χ4v) is 1.73. The highest BCUT2D eigenvalue weighted by Crippen LogP contribution is 2.25. The Bertz CT molecular complexity index is 661. The first-order valence-corrected chi connectivity index (χ1v) is 5.88. The summed E-state index contributed by atoms with van der Waals surface area (Å²) in [6, 6.07) is 6.57. The van der Waals surface area contributed by atoms with Gasteiger partial charge in [-0.2, -0.15) is 5.26 Å². The van der Waals surface area contributed by atoms with Crippen LogP contribution < -0.4 is 5.32 Å². The third kappa shape index (κ3) is 3.22. The molecule has 6 nitrogen and oxygen atoms in total. The Morgan fingerprint density at radius 2 is 2.26 bits per heavy atom. The third-order valence-corrected chi connectivity index (χ3v) is 2.80. The van der Waals surface area contributed by atoms with E-state index in [2.05, 4.69) is 15.5 Å². The predicted octanol–water partition coefficient (Wildman–Crippen LogP) is 2.10. The number of carbonyl (C=O) groups excluding carboxylic acids is 1. The first kappa shape index (κ1) is 13.3. The lowest BCUT2D eigenvalue weighted by atomic mass is 10.3. The second kappa shape index (κ2) is 5.69. The molecule has 19 heavy (non-hydrogen) atoms. The van der Waals surface area contributed by atoms with Crippen molar-refractivity contribution in [3.63, 3.8) is 0 Å². The van der Waals surface area contributed by atoms with Gasteiger partial charge in [0, 0.05) is 5.02 Å². The molecule has 1 aromatic carbocycles. The Hall–Kier alpha value is -2.10. The van der Waals surface area contributed by atoms with Crippen molar-refractivity contribution in [3.05, 3.63) is 40.4 Å². The molecule has 2 aromatic rings. The average Bonchev–Trinajstić information content (AvgIpc) is 2.81. The number of hydrogen-bond donors (Lipinski definition) is 1. The van der Waals surface area contributed by atoms with Crippen molar-refractivity contribution in [1.82, 2.24) is 14.8 Å². The van der Waals surface area contributed by atoms with Gasteiger partial charge in [0.05, 0.1) is 10.7 Å². The highest BCUT2D eigenvalue weighted by Gasteiger charge is 2.10. The minimum atomic E-state index is -0.361. The lowest BCUT2D eigenvalue weighted by molar-refractivity contribution is -0.116. The van der Waals surface area contributed by atoms with Gasteiger partial charge in [-0.1, -0.05) is 23.2 Å². The van der Waals surface area contributed by atoms with Crippen molar-refractivity contribution in [1.29, 1.82) is 5.26 Å². The van der Waals surface area contributed by atoms with Gasteiger partial charge < -0.3 is 5.32 Å². The molecular weight excluding hydrogens is 289 g/mol. The Morgan fingerprint density at radius 3 is 3.00 bits per heavy atom. The third-order valence-electron chi connectivity index (χ3n) is 2.23. The number of nitriles is 1. The van der Waals surface area contributed by atoms with Crippen molar-refractivity contribution in [2.24, 2.45) is 0 Å². The second-order valence-corrected chi connectivity index (χ2v) is 4.41. The van der Waals surface area contributed by atoms with Gasteiger partial charge in [-0.25, -0.2) is 0 Å². The van der Waals surface area contributed by atoms with Crippen LogP contribution in [0.1, 0.15) is 5.82 Å². The van der Waals surface area contributed by atoms with Gasteiger partial charge in [-0.05, 0) is 18.2 Å². The van der Waals surface area contributed by atoms with Gasteiger partial charge in [-0.3, -0.25) is 9.36 Å². The van der Waals surface area contributed by atoms with E-state index in [9.17, 15) is 4.79 Å². The van der Waals surface area contributed by atoms with Crippen LogP contribution in [0.4, 0.5) is 5.69 Å². The summed E-state index contributed by atoms with van der Waals surface area (Å²) in [5, 5.41) is 19.3. The van der Waals surface area contributed by atoms with Crippen LogP contribution in [0.2, 0.25) is 10.0 Å².